The summed E-state index contributed by atoms with van der Waals surface area (Å²) in [4.78, 5) is 11.0. The fourth-order valence-corrected chi connectivity index (χ4v) is 3.55. The van der Waals surface area contributed by atoms with Crippen LogP contribution in [0.3, 0.4) is 0 Å². The number of hydrogen-bond acceptors (Lipinski definition) is 3. The fourth-order valence-electron chi connectivity index (χ4n) is 2.28. The average Bonchev–Trinajstić information content (AvgIpc) is 2.45. The largest absolute Gasteiger partial charge is 0.481 e. The van der Waals surface area contributed by atoms with Crippen LogP contribution in [-0.2, 0) is 21.5 Å². The number of piperidine rings is 1. The summed E-state index contributed by atoms with van der Waals surface area (Å²) in [5.41, 5.74) is 0.505. The van der Waals surface area contributed by atoms with Crippen molar-refractivity contribution in [2.75, 3.05) is 13.1 Å². The van der Waals surface area contributed by atoms with Gasteiger partial charge in [-0.05, 0) is 30.5 Å². The molecule has 1 heterocycles. The van der Waals surface area contributed by atoms with Crippen LogP contribution in [0.2, 0.25) is 0 Å². The van der Waals surface area contributed by atoms with Crippen LogP contribution in [0.15, 0.2) is 24.3 Å². The summed E-state index contributed by atoms with van der Waals surface area (Å²) in [7, 11) is -3.76. The molecular weight excluding hydrogens is 299 g/mol. The SMILES string of the molecule is O=C(O)C1CCCN(S(=O)(=O)NCc2cccc(F)c2)C1. The number of benzene rings is 1. The third kappa shape index (κ3) is 4.23. The standard InChI is InChI=1S/C13H17FN2O4S/c14-12-5-1-3-10(7-12)8-15-21(19,20)16-6-2-4-11(9-16)13(17)18/h1,3,5,7,11,15H,2,4,6,8-9H2,(H,17,18). The van der Waals surface area contributed by atoms with Crippen LogP contribution in [0.1, 0.15) is 18.4 Å². The van der Waals surface area contributed by atoms with Crippen molar-refractivity contribution in [1.29, 1.82) is 0 Å². The second kappa shape index (κ2) is 6.50. The molecule has 1 aromatic rings. The third-order valence-electron chi connectivity index (χ3n) is 3.42. The van der Waals surface area contributed by atoms with E-state index >= 15 is 0 Å². The summed E-state index contributed by atoms with van der Waals surface area (Å²) in [6, 6.07) is 5.64. The highest BCUT2D eigenvalue weighted by molar-refractivity contribution is 7.87. The maximum absolute atomic E-state index is 13.0. The molecule has 1 aromatic carbocycles. The van der Waals surface area contributed by atoms with Crippen molar-refractivity contribution in [1.82, 2.24) is 9.03 Å². The van der Waals surface area contributed by atoms with Gasteiger partial charge >= 0.3 is 5.97 Å². The summed E-state index contributed by atoms with van der Waals surface area (Å²) in [6.07, 6.45) is 0.989. The van der Waals surface area contributed by atoms with E-state index in [4.69, 9.17) is 5.11 Å². The first-order chi connectivity index (χ1) is 9.88. The smallest absolute Gasteiger partial charge is 0.307 e. The van der Waals surface area contributed by atoms with Crippen molar-refractivity contribution in [2.45, 2.75) is 19.4 Å². The van der Waals surface area contributed by atoms with Gasteiger partial charge in [0.15, 0.2) is 0 Å². The molecule has 1 atom stereocenters. The summed E-state index contributed by atoms with van der Waals surface area (Å²) in [5, 5.41) is 8.98. The van der Waals surface area contributed by atoms with Gasteiger partial charge in [-0.2, -0.15) is 17.4 Å². The predicted octanol–water partition coefficient (Wildman–Crippen LogP) is 0.957. The predicted molar refractivity (Wildman–Crippen MR) is 74.1 cm³/mol. The normalized spacial score (nSPS) is 20.3. The lowest BCUT2D eigenvalue weighted by Gasteiger charge is -2.29. The third-order valence-corrected chi connectivity index (χ3v) is 4.94. The summed E-state index contributed by atoms with van der Waals surface area (Å²) < 4.78 is 40.8. The van der Waals surface area contributed by atoms with Gasteiger partial charge in [0.25, 0.3) is 10.2 Å². The molecule has 116 valence electrons. The van der Waals surface area contributed by atoms with Gasteiger partial charge < -0.3 is 5.11 Å². The molecule has 0 aromatic heterocycles. The lowest BCUT2D eigenvalue weighted by Crippen LogP contribution is -2.47. The minimum absolute atomic E-state index is 0.0334. The molecular formula is C13H17FN2O4S. The average molecular weight is 316 g/mol. The van der Waals surface area contributed by atoms with E-state index in [0.29, 0.717) is 24.9 Å². The van der Waals surface area contributed by atoms with Gasteiger partial charge in [-0.15, -0.1) is 0 Å². The summed E-state index contributed by atoms with van der Waals surface area (Å²) in [6.45, 7) is 0.227. The lowest BCUT2D eigenvalue weighted by atomic mass is 10.0. The van der Waals surface area contributed by atoms with Crippen molar-refractivity contribution in [3.8, 4) is 0 Å². The van der Waals surface area contributed by atoms with Crippen LogP contribution in [-0.4, -0.2) is 36.9 Å². The van der Waals surface area contributed by atoms with Crippen molar-refractivity contribution < 1.29 is 22.7 Å². The van der Waals surface area contributed by atoms with Crippen molar-refractivity contribution in [3.63, 3.8) is 0 Å². The maximum Gasteiger partial charge on any atom is 0.307 e. The fraction of sp³-hybridized carbons (Fsp3) is 0.462. The van der Waals surface area contributed by atoms with E-state index in [9.17, 15) is 17.6 Å². The van der Waals surface area contributed by atoms with E-state index in [2.05, 4.69) is 4.72 Å². The lowest BCUT2D eigenvalue weighted by molar-refractivity contribution is -0.142. The molecule has 21 heavy (non-hydrogen) atoms. The zero-order valence-electron chi connectivity index (χ0n) is 11.3. The molecule has 8 heteroatoms. The Hall–Kier alpha value is -1.51. The highest BCUT2D eigenvalue weighted by Crippen LogP contribution is 2.19. The number of hydrogen-bond donors (Lipinski definition) is 2. The molecule has 1 aliphatic rings. The Bertz CT molecular complexity index is 620. The van der Waals surface area contributed by atoms with Crippen molar-refractivity contribution >= 4 is 16.2 Å². The van der Waals surface area contributed by atoms with E-state index in [1.54, 1.807) is 6.07 Å². The number of carboxylic acid groups (broad SMARTS) is 1. The number of nitrogens with zero attached hydrogens (tertiary/aromatic N) is 1. The van der Waals surface area contributed by atoms with E-state index < -0.39 is 27.9 Å². The first-order valence-electron chi connectivity index (χ1n) is 6.60. The molecule has 0 saturated carbocycles. The quantitative estimate of drug-likeness (QED) is 0.847. The van der Waals surface area contributed by atoms with Gasteiger partial charge in [0.05, 0.1) is 5.92 Å². The number of rotatable bonds is 5. The number of aliphatic carboxylic acids is 1. The number of carboxylic acids is 1. The summed E-state index contributed by atoms with van der Waals surface area (Å²) in [5.74, 6) is -2.10. The molecule has 0 amide bonds. The zero-order chi connectivity index (χ0) is 15.5. The molecule has 1 saturated heterocycles. The Balaban J connectivity index is 1.99. The van der Waals surface area contributed by atoms with Crippen LogP contribution in [0.4, 0.5) is 4.39 Å². The van der Waals surface area contributed by atoms with E-state index in [0.717, 1.165) is 4.31 Å². The Morgan fingerprint density at radius 3 is 2.90 bits per heavy atom. The highest BCUT2D eigenvalue weighted by Gasteiger charge is 2.31. The van der Waals surface area contributed by atoms with E-state index in [1.807, 2.05) is 0 Å². The Kier molecular flexibility index (Phi) is 4.92. The van der Waals surface area contributed by atoms with Gasteiger partial charge in [-0.25, -0.2) is 4.39 Å². The van der Waals surface area contributed by atoms with Gasteiger partial charge in [-0.1, -0.05) is 12.1 Å². The first kappa shape index (κ1) is 15.9. The Morgan fingerprint density at radius 2 is 2.24 bits per heavy atom. The van der Waals surface area contributed by atoms with Crippen LogP contribution in [0.5, 0.6) is 0 Å². The number of carbonyl (C=O) groups is 1. The molecule has 1 aliphatic heterocycles. The van der Waals surface area contributed by atoms with E-state index in [-0.39, 0.29) is 13.1 Å². The minimum atomic E-state index is -3.76. The van der Waals surface area contributed by atoms with Gasteiger partial charge in [0.1, 0.15) is 5.82 Å². The highest BCUT2D eigenvalue weighted by atomic mass is 32.2. The number of halogens is 1. The molecule has 0 aliphatic carbocycles. The van der Waals surface area contributed by atoms with Crippen LogP contribution < -0.4 is 4.72 Å². The van der Waals surface area contributed by atoms with Crippen molar-refractivity contribution in [2.24, 2.45) is 5.92 Å². The first-order valence-corrected chi connectivity index (χ1v) is 8.04. The molecule has 2 N–H and O–H groups in total. The summed E-state index contributed by atoms with van der Waals surface area (Å²) >= 11 is 0. The maximum atomic E-state index is 13.0. The molecule has 0 radical (unpaired) electrons. The minimum Gasteiger partial charge on any atom is -0.481 e. The zero-order valence-corrected chi connectivity index (χ0v) is 12.1. The monoisotopic (exact) mass is 316 g/mol. The molecule has 0 spiro atoms. The second-order valence-electron chi connectivity index (χ2n) is 4.99. The van der Waals surface area contributed by atoms with Crippen LogP contribution in [0.25, 0.3) is 0 Å². The van der Waals surface area contributed by atoms with Crippen LogP contribution >= 0.6 is 0 Å². The molecule has 1 unspecified atom stereocenters. The van der Waals surface area contributed by atoms with Crippen molar-refractivity contribution in [3.05, 3.63) is 35.6 Å². The van der Waals surface area contributed by atoms with Crippen LogP contribution in [0, 0.1) is 11.7 Å². The topological polar surface area (TPSA) is 86.7 Å². The Morgan fingerprint density at radius 1 is 1.48 bits per heavy atom. The molecule has 1 fully saturated rings. The van der Waals surface area contributed by atoms with Gasteiger partial charge in [-0.3, -0.25) is 4.79 Å². The molecule has 0 bridgehead atoms. The Labute approximate surface area is 122 Å². The number of nitrogens with one attached hydrogen (secondary N) is 1. The molecule has 2 rings (SSSR count). The second-order valence-corrected chi connectivity index (χ2v) is 6.75. The van der Waals surface area contributed by atoms with Gasteiger partial charge in [0.2, 0.25) is 0 Å². The van der Waals surface area contributed by atoms with Gasteiger partial charge in [0, 0.05) is 19.6 Å². The molecule has 6 nitrogen and oxygen atoms in total. The van der Waals surface area contributed by atoms with E-state index in [1.165, 1.54) is 18.2 Å².